The van der Waals surface area contributed by atoms with Crippen molar-refractivity contribution in [3.63, 3.8) is 0 Å². The Morgan fingerprint density at radius 1 is 1.23 bits per heavy atom. The van der Waals surface area contributed by atoms with Gasteiger partial charge in [0.2, 0.25) is 12.2 Å². The number of nitrogens with zero attached hydrogens (tertiary/aromatic N) is 2. The smallest absolute Gasteiger partial charge is 0.287 e. The van der Waals surface area contributed by atoms with Gasteiger partial charge in [0.25, 0.3) is 6.43 Å². The van der Waals surface area contributed by atoms with Crippen molar-refractivity contribution >= 4 is 21.9 Å². The number of rotatable bonds is 3. The first kappa shape index (κ1) is 10.2. The van der Waals surface area contributed by atoms with Gasteiger partial charge < -0.3 is 5.32 Å². The van der Waals surface area contributed by atoms with Crippen molar-refractivity contribution in [2.24, 2.45) is 0 Å². The minimum absolute atomic E-state index is 0.170. The molecule has 3 nitrogen and oxygen atoms in total. The molecule has 0 aromatic carbocycles. The largest absolute Gasteiger partial charge is 0.320 e. The molecule has 7 heteroatoms. The van der Waals surface area contributed by atoms with Crippen LogP contribution in [0.4, 0.5) is 19.1 Å². The molecule has 1 N–H and O–H groups in total. The Morgan fingerprint density at radius 2 is 1.77 bits per heavy atom. The quantitative estimate of drug-likeness (QED) is 0.842. The van der Waals surface area contributed by atoms with Crippen molar-refractivity contribution in [2.75, 3.05) is 5.32 Å². The molecule has 0 bridgehead atoms. The summed E-state index contributed by atoms with van der Waals surface area (Å²) in [7, 11) is 0. The lowest BCUT2D eigenvalue weighted by molar-refractivity contribution is 0.0646. The first-order valence-corrected chi connectivity index (χ1v) is 4.05. The predicted octanol–water partition coefficient (Wildman–Crippen LogP) is 2.21. The number of anilines is 1. The van der Waals surface area contributed by atoms with Crippen molar-refractivity contribution in [1.29, 1.82) is 0 Å². The minimum Gasteiger partial charge on any atom is -0.320 e. The molecule has 1 rings (SSSR count). The van der Waals surface area contributed by atoms with E-state index in [2.05, 4.69) is 25.9 Å². The van der Waals surface area contributed by atoms with Gasteiger partial charge in [-0.25, -0.2) is 23.1 Å². The fraction of sp³-hybridized carbons (Fsp3) is 0.333. The Bertz CT molecular complexity index is 266. The summed E-state index contributed by atoms with van der Waals surface area (Å²) < 4.78 is 36.3. The van der Waals surface area contributed by atoms with E-state index in [0.29, 0.717) is 4.47 Å². The second-order valence-corrected chi connectivity index (χ2v) is 3.02. The zero-order valence-electron chi connectivity index (χ0n) is 6.22. The molecule has 0 fully saturated rings. The summed E-state index contributed by atoms with van der Waals surface area (Å²) in [4.78, 5) is 7.12. The molecule has 0 aliphatic heterocycles. The molecule has 1 heterocycles. The number of alkyl halides is 3. The van der Waals surface area contributed by atoms with Crippen LogP contribution in [-0.2, 0) is 0 Å². The van der Waals surface area contributed by atoms with Crippen LogP contribution in [0.25, 0.3) is 0 Å². The second-order valence-electron chi connectivity index (χ2n) is 2.11. The molecule has 1 aromatic heterocycles. The molecule has 0 aliphatic rings. The van der Waals surface area contributed by atoms with E-state index in [1.807, 2.05) is 5.32 Å². The molecule has 1 unspecified atom stereocenters. The summed E-state index contributed by atoms with van der Waals surface area (Å²) >= 11 is 3.05. The van der Waals surface area contributed by atoms with Gasteiger partial charge in [-0.1, -0.05) is 0 Å². The Kier molecular flexibility index (Phi) is 3.47. The highest BCUT2D eigenvalue weighted by Gasteiger charge is 2.19. The molecule has 0 radical (unpaired) electrons. The molecular weight excluding hydrogens is 251 g/mol. The third-order valence-electron chi connectivity index (χ3n) is 1.11. The third-order valence-corrected chi connectivity index (χ3v) is 1.52. The molecule has 1 atom stereocenters. The number of hydrogen-bond acceptors (Lipinski definition) is 3. The van der Waals surface area contributed by atoms with Crippen LogP contribution in [0.15, 0.2) is 16.9 Å². The molecule has 0 spiro atoms. The molecule has 0 aliphatic carbocycles. The van der Waals surface area contributed by atoms with E-state index >= 15 is 0 Å². The summed E-state index contributed by atoms with van der Waals surface area (Å²) in [6.45, 7) is 0. The predicted molar refractivity (Wildman–Crippen MR) is 44.3 cm³/mol. The maximum Gasteiger partial charge on any atom is 0.287 e. The average Bonchev–Trinajstić information content (AvgIpc) is 2.08. The fourth-order valence-corrected chi connectivity index (χ4v) is 0.778. The molecular formula is C6H5BrF3N3. The molecule has 0 saturated carbocycles. The Balaban J connectivity index is 2.59. The third kappa shape index (κ3) is 3.17. The number of aromatic nitrogens is 2. The summed E-state index contributed by atoms with van der Waals surface area (Å²) in [5.41, 5.74) is 0. The van der Waals surface area contributed by atoms with Gasteiger partial charge in [0.05, 0.1) is 4.47 Å². The summed E-state index contributed by atoms with van der Waals surface area (Å²) in [5.74, 6) is -0.170. The summed E-state index contributed by atoms with van der Waals surface area (Å²) in [6.07, 6.45) is -2.88. The number of halogens is 4. The Labute approximate surface area is 80.5 Å². The van der Waals surface area contributed by atoms with Crippen LogP contribution in [-0.4, -0.2) is 22.7 Å². The van der Waals surface area contributed by atoms with E-state index in [-0.39, 0.29) is 5.95 Å². The van der Waals surface area contributed by atoms with E-state index in [1.165, 1.54) is 12.4 Å². The van der Waals surface area contributed by atoms with Crippen LogP contribution in [0, 0.1) is 0 Å². The van der Waals surface area contributed by atoms with Gasteiger partial charge in [-0.15, -0.1) is 0 Å². The highest BCUT2D eigenvalue weighted by molar-refractivity contribution is 9.10. The highest BCUT2D eigenvalue weighted by atomic mass is 79.9. The van der Waals surface area contributed by atoms with Crippen LogP contribution in [0.5, 0.6) is 0 Å². The molecule has 0 amide bonds. The fourth-order valence-electron chi connectivity index (χ4n) is 0.573. The zero-order chi connectivity index (χ0) is 9.84. The average molecular weight is 256 g/mol. The summed E-state index contributed by atoms with van der Waals surface area (Å²) in [6, 6.07) is 0. The van der Waals surface area contributed by atoms with Gasteiger partial charge in [0.1, 0.15) is 0 Å². The van der Waals surface area contributed by atoms with Gasteiger partial charge in [-0.3, -0.25) is 0 Å². The van der Waals surface area contributed by atoms with Gasteiger partial charge in [0, 0.05) is 12.4 Å². The van der Waals surface area contributed by atoms with Crippen LogP contribution < -0.4 is 5.32 Å². The lowest BCUT2D eigenvalue weighted by atomic mass is 10.6. The lowest BCUT2D eigenvalue weighted by Gasteiger charge is -2.08. The first-order chi connectivity index (χ1) is 6.09. The van der Waals surface area contributed by atoms with Crippen molar-refractivity contribution in [1.82, 2.24) is 9.97 Å². The zero-order valence-corrected chi connectivity index (χ0v) is 7.80. The second kappa shape index (κ2) is 4.40. The molecule has 72 valence electrons. The standard InChI is InChI=1S/C6H5BrF3N3/c7-3-1-11-6(12-2-3)13-5(10)4(8)9/h1-2,4-5H,(H,11,12,13). The Hall–Kier alpha value is -0.850. The topological polar surface area (TPSA) is 37.8 Å². The van der Waals surface area contributed by atoms with Crippen molar-refractivity contribution in [3.8, 4) is 0 Å². The maximum atomic E-state index is 12.4. The highest BCUT2D eigenvalue weighted by Crippen LogP contribution is 2.10. The normalized spacial score (nSPS) is 13.0. The molecule has 13 heavy (non-hydrogen) atoms. The van der Waals surface area contributed by atoms with Crippen molar-refractivity contribution < 1.29 is 13.2 Å². The summed E-state index contributed by atoms with van der Waals surface area (Å²) in [5, 5.41) is 1.81. The van der Waals surface area contributed by atoms with Crippen LogP contribution in [0.3, 0.4) is 0 Å². The minimum atomic E-state index is -3.09. The number of nitrogens with one attached hydrogen (secondary N) is 1. The van der Waals surface area contributed by atoms with E-state index in [4.69, 9.17) is 0 Å². The van der Waals surface area contributed by atoms with Crippen molar-refractivity contribution in [2.45, 2.75) is 12.7 Å². The van der Waals surface area contributed by atoms with Crippen LogP contribution in [0.2, 0.25) is 0 Å². The van der Waals surface area contributed by atoms with Crippen molar-refractivity contribution in [3.05, 3.63) is 16.9 Å². The van der Waals surface area contributed by atoms with E-state index in [1.54, 1.807) is 0 Å². The van der Waals surface area contributed by atoms with Crippen LogP contribution in [0.1, 0.15) is 0 Å². The van der Waals surface area contributed by atoms with Crippen LogP contribution >= 0.6 is 15.9 Å². The van der Waals surface area contributed by atoms with E-state index in [9.17, 15) is 13.2 Å². The Morgan fingerprint density at radius 3 is 2.23 bits per heavy atom. The molecule has 1 aromatic rings. The number of hydrogen-bond donors (Lipinski definition) is 1. The lowest BCUT2D eigenvalue weighted by Crippen LogP contribution is -2.23. The SMILES string of the molecule is FC(F)C(F)Nc1ncc(Br)cn1. The van der Waals surface area contributed by atoms with Gasteiger partial charge in [-0.05, 0) is 15.9 Å². The first-order valence-electron chi connectivity index (χ1n) is 3.26. The van der Waals surface area contributed by atoms with Gasteiger partial charge in [-0.2, -0.15) is 0 Å². The monoisotopic (exact) mass is 255 g/mol. The maximum absolute atomic E-state index is 12.4. The van der Waals surface area contributed by atoms with E-state index < -0.39 is 12.7 Å². The van der Waals surface area contributed by atoms with Gasteiger partial charge in [0.15, 0.2) is 0 Å². The van der Waals surface area contributed by atoms with Gasteiger partial charge >= 0.3 is 0 Å². The molecule has 0 saturated heterocycles. The van der Waals surface area contributed by atoms with E-state index in [0.717, 1.165) is 0 Å².